The standard InChI is InChI=1S/C50H97O7P/c1-4-7-9-11-13-15-17-19-21-23-25-27-29-31-33-35-37-54-47-49(48-55-44-43-52-40-39-51-41-42-53-45-46-57-50(58)6-3)56-38-36-34-32-30-28-26-24-22-20-18-16-14-12-10-8-5-2/h19-22,49,58H,4-18,23-48H2,1-3H3/b21-19-,22-20-. The molecular weight excluding hydrogens is 744 g/mol. The van der Waals surface area contributed by atoms with Gasteiger partial charge in [-0.25, -0.2) is 0 Å². The Morgan fingerprint density at radius 1 is 0.362 bits per heavy atom. The average Bonchev–Trinajstić information content (AvgIpc) is 3.23. The van der Waals surface area contributed by atoms with Gasteiger partial charge in [-0.3, -0.25) is 0 Å². The summed E-state index contributed by atoms with van der Waals surface area (Å²) in [6.07, 6.45) is 47.3. The van der Waals surface area contributed by atoms with Gasteiger partial charge in [0.2, 0.25) is 0 Å². The van der Waals surface area contributed by atoms with Crippen LogP contribution in [0.2, 0.25) is 0 Å². The molecular formula is C50H97O7P. The highest BCUT2D eigenvalue weighted by atomic mass is 31.0. The van der Waals surface area contributed by atoms with Gasteiger partial charge < -0.3 is 33.2 Å². The van der Waals surface area contributed by atoms with Gasteiger partial charge in [-0.1, -0.05) is 170 Å². The molecule has 1 unspecified atom stereocenters. The van der Waals surface area contributed by atoms with Crippen molar-refractivity contribution in [3.63, 3.8) is 0 Å². The molecule has 58 heavy (non-hydrogen) atoms. The topological polar surface area (TPSA) is 64.6 Å². The van der Waals surface area contributed by atoms with Crippen LogP contribution in [-0.2, 0) is 33.2 Å². The van der Waals surface area contributed by atoms with Crippen molar-refractivity contribution in [2.75, 3.05) is 79.3 Å². The summed E-state index contributed by atoms with van der Waals surface area (Å²) in [5.74, 6) is 0. The Labute approximate surface area is 363 Å². The van der Waals surface area contributed by atoms with Crippen molar-refractivity contribution in [1.82, 2.24) is 0 Å². The number of hydrogen-bond donors (Lipinski definition) is 0. The molecule has 344 valence electrons. The maximum atomic E-state index is 6.27. The van der Waals surface area contributed by atoms with E-state index in [9.17, 15) is 0 Å². The molecule has 0 heterocycles. The molecule has 0 N–H and O–H groups in total. The van der Waals surface area contributed by atoms with Crippen LogP contribution in [0.4, 0.5) is 0 Å². The molecule has 0 bridgehead atoms. The lowest BCUT2D eigenvalue weighted by Crippen LogP contribution is -2.27. The first-order valence-corrected chi connectivity index (χ1v) is 25.2. The summed E-state index contributed by atoms with van der Waals surface area (Å²) in [6, 6.07) is 0. The van der Waals surface area contributed by atoms with Gasteiger partial charge in [0.05, 0.1) is 71.5 Å². The summed E-state index contributed by atoms with van der Waals surface area (Å²) in [4.78, 5) is 0. The van der Waals surface area contributed by atoms with Gasteiger partial charge in [0.15, 0.2) is 0 Å². The van der Waals surface area contributed by atoms with Crippen LogP contribution in [0.25, 0.3) is 0 Å². The Bertz CT molecular complexity index is 839. The number of hydrogen-bond acceptors (Lipinski definition) is 7. The minimum Gasteiger partial charge on any atom is -0.379 e. The van der Waals surface area contributed by atoms with Crippen LogP contribution in [0.3, 0.4) is 0 Å². The molecule has 0 aliphatic rings. The highest BCUT2D eigenvalue weighted by Gasteiger charge is 2.10. The Hall–Kier alpha value is -0.630. The van der Waals surface area contributed by atoms with Crippen molar-refractivity contribution < 1.29 is 33.2 Å². The molecule has 0 spiro atoms. The Morgan fingerprint density at radius 2 is 0.690 bits per heavy atom. The van der Waals surface area contributed by atoms with Crippen molar-refractivity contribution in [2.45, 2.75) is 213 Å². The molecule has 1 atom stereocenters. The molecule has 0 saturated carbocycles. The van der Waals surface area contributed by atoms with Gasteiger partial charge >= 0.3 is 0 Å². The second-order valence-corrected chi connectivity index (χ2v) is 16.5. The first kappa shape index (κ1) is 57.4. The second-order valence-electron chi connectivity index (χ2n) is 16.0. The van der Waals surface area contributed by atoms with Crippen LogP contribution in [0.15, 0.2) is 24.3 Å². The first-order valence-electron chi connectivity index (χ1n) is 24.7. The van der Waals surface area contributed by atoms with Crippen LogP contribution >= 0.6 is 8.86 Å². The third-order valence-electron chi connectivity index (χ3n) is 10.4. The van der Waals surface area contributed by atoms with Crippen LogP contribution in [0.1, 0.15) is 207 Å². The van der Waals surface area contributed by atoms with Gasteiger partial charge in [0.25, 0.3) is 0 Å². The SMILES string of the molecule is CCCCCCCC/C=C\CCCCCCCCOCC(COCCOCCOCCOCCOC(=P)CC)OCCCCCCCC/C=C\CCCCCCCC. The molecule has 0 saturated heterocycles. The maximum absolute atomic E-state index is 6.27. The summed E-state index contributed by atoms with van der Waals surface area (Å²) in [7, 11) is 3.42. The largest absolute Gasteiger partial charge is 0.379 e. The predicted octanol–water partition coefficient (Wildman–Crippen LogP) is 14.2. The molecule has 0 aliphatic carbocycles. The average molecular weight is 841 g/mol. The van der Waals surface area contributed by atoms with Gasteiger partial charge in [0, 0.05) is 13.2 Å². The monoisotopic (exact) mass is 841 g/mol. The van der Waals surface area contributed by atoms with E-state index in [2.05, 4.69) is 47.0 Å². The van der Waals surface area contributed by atoms with Crippen molar-refractivity contribution in [3.8, 4) is 0 Å². The summed E-state index contributed by atoms with van der Waals surface area (Å²) in [5, 5.41) is 0. The second kappa shape index (κ2) is 52.5. The normalized spacial score (nSPS) is 12.5. The van der Waals surface area contributed by atoms with Crippen LogP contribution in [-0.4, -0.2) is 90.9 Å². The van der Waals surface area contributed by atoms with Crippen molar-refractivity contribution in [1.29, 1.82) is 0 Å². The van der Waals surface area contributed by atoms with Crippen molar-refractivity contribution >= 4 is 14.3 Å². The summed E-state index contributed by atoms with van der Waals surface area (Å²) in [5.41, 5.74) is 0.848. The van der Waals surface area contributed by atoms with Gasteiger partial charge in [-0.2, -0.15) is 0 Å². The number of ether oxygens (including phenoxy) is 7. The van der Waals surface area contributed by atoms with E-state index in [0.717, 1.165) is 38.0 Å². The van der Waals surface area contributed by atoms with Gasteiger partial charge in [-0.05, 0) is 70.6 Å². The summed E-state index contributed by atoms with van der Waals surface area (Å²) >= 11 is 0. The minimum atomic E-state index is -0.0353. The van der Waals surface area contributed by atoms with Crippen molar-refractivity contribution in [3.05, 3.63) is 24.3 Å². The van der Waals surface area contributed by atoms with Crippen LogP contribution in [0, 0.1) is 0 Å². The van der Waals surface area contributed by atoms with Crippen molar-refractivity contribution in [2.24, 2.45) is 0 Å². The van der Waals surface area contributed by atoms with E-state index < -0.39 is 0 Å². The fourth-order valence-electron chi connectivity index (χ4n) is 6.61. The molecule has 7 nitrogen and oxygen atoms in total. The van der Waals surface area contributed by atoms with Gasteiger partial charge in [0.1, 0.15) is 6.10 Å². The smallest absolute Gasteiger partial charge is 0.104 e. The zero-order chi connectivity index (χ0) is 41.9. The molecule has 0 rings (SSSR count). The zero-order valence-electron chi connectivity index (χ0n) is 38.7. The quantitative estimate of drug-likeness (QED) is 0.0343. The molecule has 0 aromatic carbocycles. The molecule has 8 heteroatoms. The van der Waals surface area contributed by atoms with E-state index in [1.165, 1.54) is 167 Å². The fraction of sp³-hybridized carbons (Fsp3) is 0.900. The van der Waals surface area contributed by atoms with Crippen LogP contribution < -0.4 is 0 Å². The van der Waals surface area contributed by atoms with E-state index in [1.54, 1.807) is 0 Å². The summed E-state index contributed by atoms with van der Waals surface area (Å²) < 4.78 is 40.6. The van der Waals surface area contributed by atoms with E-state index in [-0.39, 0.29) is 6.10 Å². The lowest BCUT2D eigenvalue weighted by molar-refractivity contribution is -0.0701. The zero-order valence-corrected chi connectivity index (χ0v) is 39.7. The highest BCUT2D eigenvalue weighted by Crippen LogP contribution is 2.12. The Kier molecular flexibility index (Phi) is 51.9. The summed E-state index contributed by atoms with van der Waals surface area (Å²) in [6.45, 7) is 13.7. The predicted molar refractivity (Wildman–Crippen MR) is 252 cm³/mol. The highest BCUT2D eigenvalue weighted by molar-refractivity contribution is 7.20. The number of rotatable bonds is 51. The molecule has 0 aliphatic heterocycles. The number of allylic oxidation sites excluding steroid dienone is 4. The minimum absolute atomic E-state index is 0.0353. The van der Waals surface area contributed by atoms with Crippen LogP contribution in [0.5, 0.6) is 0 Å². The maximum Gasteiger partial charge on any atom is 0.104 e. The Morgan fingerprint density at radius 3 is 1.10 bits per heavy atom. The molecule has 0 aromatic rings. The van der Waals surface area contributed by atoms with E-state index in [1.807, 2.05) is 6.92 Å². The van der Waals surface area contributed by atoms with E-state index in [4.69, 9.17) is 33.2 Å². The van der Waals surface area contributed by atoms with E-state index in [0.29, 0.717) is 66.1 Å². The molecule has 0 radical (unpaired) electrons. The third kappa shape index (κ3) is 49.7. The lowest BCUT2D eigenvalue weighted by Gasteiger charge is -2.18. The first-order chi connectivity index (χ1) is 28.7. The lowest BCUT2D eigenvalue weighted by atomic mass is 10.1. The third-order valence-corrected chi connectivity index (χ3v) is 10.9. The van der Waals surface area contributed by atoms with Gasteiger partial charge in [-0.15, -0.1) is 0 Å². The Balaban J connectivity index is 4.03. The van der Waals surface area contributed by atoms with E-state index >= 15 is 0 Å². The molecule has 0 amide bonds. The number of unbranched alkanes of at least 4 members (excludes halogenated alkanes) is 24. The fourth-order valence-corrected chi connectivity index (χ4v) is 6.71. The molecule has 0 fully saturated rings. The molecule has 0 aromatic heterocycles.